The van der Waals surface area contributed by atoms with Crippen molar-refractivity contribution in [2.45, 2.75) is 13.5 Å². The van der Waals surface area contributed by atoms with Crippen LogP contribution < -0.4 is 10.1 Å². The molecule has 0 aliphatic carbocycles. The molecule has 0 saturated carbocycles. The van der Waals surface area contributed by atoms with E-state index in [0.717, 1.165) is 0 Å². The molecule has 0 radical (unpaired) electrons. The predicted molar refractivity (Wildman–Crippen MR) is 108 cm³/mol. The summed E-state index contributed by atoms with van der Waals surface area (Å²) in [6, 6.07) is 7.12. The van der Waals surface area contributed by atoms with Gasteiger partial charge < -0.3 is 14.5 Å². The van der Waals surface area contributed by atoms with Crippen LogP contribution in [0, 0.1) is 0 Å². The van der Waals surface area contributed by atoms with Crippen molar-refractivity contribution in [2.24, 2.45) is 0 Å². The number of hydrogen-bond acceptors (Lipinski definition) is 9. The number of oxazole rings is 1. The molecule has 3 aromatic heterocycles. The number of nitrogens with zero attached hydrogens (tertiary/aromatic N) is 5. The molecule has 152 valence electrons. The van der Waals surface area contributed by atoms with Gasteiger partial charge in [0.05, 0.1) is 13.3 Å². The van der Waals surface area contributed by atoms with Crippen LogP contribution >= 0.6 is 11.3 Å². The first kappa shape index (κ1) is 19.5. The molecular weight excluding hydrogens is 408 g/mol. The Morgan fingerprint density at radius 1 is 1.33 bits per heavy atom. The summed E-state index contributed by atoms with van der Waals surface area (Å²) in [5.41, 5.74) is 1.18. The minimum atomic E-state index is -0.485. The quantitative estimate of drug-likeness (QED) is 0.449. The number of anilines is 1. The Morgan fingerprint density at radius 3 is 2.97 bits per heavy atom. The van der Waals surface area contributed by atoms with E-state index in [1.807, 2.05) is 0 Å². The van der Waals surface area contributed by atoms with Gasteiger partial charge in [-0.25, -0.2) is 9.97 Å². The number of Topliss-reactive ketones (excluding diaryl/α,β-unsaturated/α-hetero) is 1. The number of methoxy groups -OCH3 is 1. The van der Waals surface area contributed by atoms with Gasteiger partial charge in [-0.3, -0.25) is 9.59 Å². The second kappa shape index (κ2) is 8.25. The highest BCUT2D eigenvalue weighted by Gasteiger charge is 2.20. The minimum absolute atomic E-state index is 0.0988. The molecule has 30 heavy (non-hydrogen) atoms. The Bertz CT molecular complexity index is 1210. The number of carbonyl (C=O) groups is 2. The number of amides is 1. The lowest BCUT2D eigenvalue weighted by molar-refractivity contribution is 0.100. The number of benzene rings is 1. The molecule has 0 bridgehead atoms. The molecule has 1 amide bonds. The summed E-state index contributed by atoms with van der Waals surface area (Å²) < 4.78 is 10.6. The summed E-state index contributed by atoms with van der Waals surface area (Å²) in [7, 11) is 1.56. The van der Waals surface area contributed by atoms with Gasteiger partial charge in [-0.05, 0) is 12.1 Å². The van der Waals surface area contributed by atoms with Gasteiger partial charge >= 0.3 is 0 Å². The van der Waals surface area contributed by atoms with Gasteiger partial charge in [0.15, 0.2) is 29.4 Å². The lowest BCUT2D eigenvalue weighted by Crippen LogP contribution is -2.14. The van der Waals surface area contributed by atoms with Crippen molar-refractivity contribution in [3.8, 4) is 17.1 Å². The SMILES string of the molecule is COc1cccc(-c2ocnc2C(=O)Nc2cnn(Cc3nc(C(C)=O)cs3)n2)c1. The zero-order chi connectivity index (χ0) is 21.1. The topological polar surface area (TPSA) is 125 Å². The molecule has 0 atom stereocenters. The third-order valence-electron chi connectivity index (χ3n) is 4.08. The maximum Gasteiger partial charge on any atom is 0.279 e. The summed E-state index contributed by atoms with van der Waals surface area (Å²) in [5, 5.41) is 13.4. The summed E-state index contributed by atoms with van der Waals surface area (Å²) in [6.45, 7) is 1.75. The highest BCUT2D eigenvalue weighted by Crippen LogP contribution is 2.27. The van der Waals surface area contributed by atoms with E-state index in [-0.39, 0.29) is 23.8 Å². The number of thiazole rings is 1. The molecule has 3 heterocycles. The Balaban J connectivity index is 1.47. The number of nitrogens with one attached hydrogen (secondary N) is 1. The van der Waals surface area contributed by atoms with Gasteiger partial charge in [0.25, 0.3) is 5.91 Å². The van der Waals surface area contributed by atoms with Crippen molar-refractivity contribution in [1.82, 2.24) is 25.0 Å². The summed E-state index contributed by atoms with van der Waals surface area (Å²) >= 11 is 1.34. The molecule has 4 aromatic rings. The van der Waals surface area contributed by atoms with Crippen molar-refractivity contribution in [3.63, 3.8) is 0 Å². The van der Waals surface area contributed by atoms with Crippen molar-refractivity contribution in [1.29, 1.82) is 0 Å². The molecule has 4 rings (SSSR count). The van der Waals surface area contributed by atoms with Gasteiger partial charge in [0.2, 0.25) is 0 Å². The Morgan fingerprint density at radius 2 is 2.20 bits per heavy atom. The van der Waals surface area contributed by atoms with E-state index in [1.165, 1.54) is 35.6 Å². The van der Waals surface area contributed by atoms with Gasteiger partial charge in [0.1, 0.15) is 23.0 Å². The van der Waals surface area contributed by atoms with Crippen molar-refractivity contribution >= 4 is 28.8 Å². The van der Waals surface area contributed by atoms with Crippen LogP contribution in [0.4, 0.5) is 5.82 Å². The monoisotopic (exact) mass is 424 g/mol. The van der Waals surface area contributed by atoms with Gasteiger partial charge in [-0.15, -0.1) is 16.4 Å². The third kappa shape index (κ3) is 4.10. The van der Waals surface area contributed by atoms with E-state index in [4.69, 9.17) is 9.15 Å². The smallest absolute Gasteiger partial charge is 0.279 e. The molecule has 0 aliphatic heterocycles. The number of rotatable bonds is 7. The normalized spacial score (nSPS) is 10.7. The molecule has 1 aromatic carbocycles. The second-order valence-electron chi connectivity index (χ2n) is 6.16. The van der Waals surface area contributed by atoms with Crippen LogP contribution in [0.25, 0.3) is 11.3 Å². The summed E-state index contributed by atoms with van der Waals surface area (Å²) in [6.07, 6.45) is 2.62. The molecule has 0 unspecified atom stereocenters. The van der Waals surface area contributed by atoms with E-state index in [0.29, 0.717) is 27.8 Å². The third-order valence-corrected chi connectivity index (χ3v) is 4.92. The summed E-state index contributed by atoms with van der Waals surface area (Å²) in [4.78, 5) is 33.7. The fourth-order valence-corrected chi connectivity index (χ4v) is 3.46. The maximum absolute atomic E-state index is 12.7. The number of hydrogen-bond donors (Lipinski definition) is 1. The van der Waals surface area contributed by atoms with Gasteiger partial charge in [0, 0.05) is 17.9 Å². The molecule has 11 heteroatoms. The highest BCUT2D eigenvalue weighted by molar-refractivity contribution is 7.09. The molecule has 10 nitrogen and oxygen atoms in total. The molecule has 0 aliphatic rings. The van der Waals surface area contributed by atoms with Gasteiger partial charge in [-0.2, -0.15) is 9.90 Å². The zero-order valence-electron chi connectivity index (χ0n) is 16.0. The van der Waals surface area contributed by atoms with E-state index in [2.05, 4.69) is 25.5 Å². The number of carbonyl (C=O) groups excluding carboxylic acids is 2. The molecule has 0 fully saturated rings. The zero-order valence-corrected chi connectivity index (χ0v) is 16.8. The average Bonchev–Trinajstić information content (AvgIpc) is 3.49. The van der Waals surface area contributed by atoms with Crippen LogP contribution in [0.5, 0.6) is 5.75 Å². The first-order chi connectivity index (χ1) is 14.5. The number of ketones is 1. The Hall–Kier alpha value is -3.86. The number of ether oxygens (including phenoxy) is 1. The summed E-state index contributed by atoms with van der Waals surface area (Å²) in [5.74, 6) is 0.620. The lowest BCUT2D eigenvalue weighted by Gasteiger charge is -2.04. The molecule has 1 N–H and O–H groups in total. The molecule has 0 saturated heterocycles. The van der Waals surface area contributed by atoms with Crippen LogP contribution in [0.2, 0.25) is 0 Å². The number of aromatic nitrogens is 5. The Kier molecular flexibility index (Phi) is 5.35. The fraction of sp³-hybridized carbons (Fsp3) is 0.158. The van der Waals surface area contributed by atoms with E-state index in [9.17, 15) is 9.59 Å². The average molecular weight is 424 g/mol. The van der Waals surface area contributed by atoms with Crippen LogP contribution in [-0.2, 0) is 6.54 Å². The van der Waals surface area contributed by atoms with Crippen LogP contribution in [0.15, 0.2) is 46.7 Å². The van der Waals surface area contributed by atoms with Crippen LogP contribution in [0.1, 0.15) is 32.9 Å². The molecule has 0 spiro atoms. The van der Waals surface area contributed by atoms with Crippen LogP contribution in [-0.4, -0.2) is 43.8 Å². The predicted octanol–water partition coefficient (Wildman–Crippen LogP) is 2.90. The first-order valence-corrected chi connectivity index (χ1v) is 9.66. The van der Waals surface area contributed by atoms with Crippen molar-refractivity contribution in [3.05, 3.63) is 58.6 Å². The van der Waals surface area contributed by atoms with Gasteiger partial charge in [-0.1, -0.05) is 12.1 Å². The van der Waals surface area contributed by atoms with Crippen LogP contribution in [0.3, 0.4) is 0 Å². The molecular formula is C19H16N6O4S. The Labute approximate surface area is 174 Å². The van der Waals surface area contributed by atoms with E-state index < -0.39 is 5.91 Å². The van der Waals surface area contributed by atoms with E-state index in [1.54, 1.807) is 36.8 Å². The minimum Gasteiger partial charge on any atom is -0.497 e. The first-order valence-electron chi connectivity index (χ1n) is 8.78. The largest absolute Gasteiger partial charge is 0.497 e. The standard InChI is InChI=1S/C19H16N6O4S/c1-11(26)14-9-30-16(22-14)8-25-21-7-15(24-25)23-19(27)17-18(29-10-20-17)12-4-3-5-13(6-12)28-2/h3-7,9-10H,8H2,1-2H3,(H,23,24,27). The van der Waals surface area contributed by atoms with Crippen molar-refractivity contribution < 1.29 is 18.7 Å². The maximum atomic E-state index is 12.7. The lowest BCUT2D eigenvalue weighted by atomic mass is 10.1. The van der Waals surface area contributed by atoms with Crippen molar-refractivity contribution in [2.75, 3.05) is 12.4 Å². The highest BCUT2D eigenvalue weighted by atomic mass is 32.1. The van der Waals surface area contributed by atoms with E-state index >= 15 is 0 Å². The second-order valence-corrected chi connectivity index (χ2v) is 7.10. The fourth-order valence-electron chi connectivity index (χ4n) is 2.65.